The Balaban J connectivity index is 3.93. The van der Waals surface area contributed by atoms with E-state index < -0.39 is 0 Å². The summed E-state index contributed by atoms with van der Waals surface area (Å²) in [6, 6.07) is 0. The Labute approximate surface area is 104 Å². The lowest BCUT2D eigenvalue weighted by Gasteiger charge is -2.19. The molecule has 0 heteroatoms. The molecule has 1 atom stereocenters. The zero-order valence-electron chi connectivity index (χ0n) is 12.0. The molecule has 16 heavy (non-hydrogen) atoms. The number of hydrogen-bond donors (Lipinski definition) is 0. The first-order chi connectivity index (χ1) is 7.61. The standard InChI is InChI=1S/C16H32/c1-6-8-10-12-16(11-9-7-2)13-15(5)14(3)4/h14,16H,5-13H2,1-4H3. The maximum Gasteiger partial charge on any atom is -0.0263 e. The van der Waals surface area contributed by atoms with E-state index in [9.17, 15) is 0 Å². The molecule has 0 heterocycles. The van der Waals surface area contributed by atoms with Gasteiger partial charge in [-0.3, -0.25) is 0 Å². The molecular weight excluding hydrogens is 192 g/mol. The largest absolute Gasteiger partial charge is 0.0996 e. The average molecular weight is 224 g/mol. The highest BCUT2D eigenvalue weighted by Gasteiger charge is 2.11. The Kier molecular flexibility index (Phi) is 9.77. The van der Waals surface area contributed by atoms with Crippen molar-refractivity contribution in [2.24, 2.45) is 11.8 Å². The van der Waals surface area contributed by atoms with Gasteiger partial charge in [-0.2, -0.15) is 0 Å². The van der Waals surface area contributed by atoms with Crippen molar-refractivity contribution in [1.29, 1.82) is 0 Å². The van der Waals surface area contributed by atoms with E-state index in [1.807, 2.05) is 0 Å². The summed E-state index contributed by atoms with van der Waals surface area (Å²) in [6.45, 7) is 13.3. The quantitative estimate of drug-likeness (QED) is 0.316. The highest BCUT2D eigenvalue weighted by Crippen LogP contribution is 2.26. The monoisotopic (exact) mass is 224 g/mol. The fourth-order valence-corrected chi connectivity index (χ4v) is 2.13. The molecule has 96 valence electrons. The SMILES string of the molecule is C=C(CC(CCCC)CCCCC)C(C)C. The molecule has 1 unspecified atom stereocenters. The van der Waals surface area contributed by atoms with Gasteiger partial charge in [0.15, 0.2) is 0 Å². The molecule has 0 aliphatic heterocycles. The molecular formula is C16H32. The first-order valence-electron chi connectivity index (χ1n) is 7.29. The highest BCUT2D eigenvalue weighted by atomic mass is 14.2. The predicted molar refractivity (Wildman–Crippen MR) is 75.8 cm³/mol. The summed E-state index contributed by atoms with van der Waals surface area (Å²) in [7, 11) is 0. The van der Waals surface area contributed by atoms with Gasteiger partial charge in [-0.05, 0) is 18.3 Å². The zero-order valence-corrected chi connectivity index (χ0v) is 12.0. The summed E-state index contributed by atoms with van der Waals surface area (Å²) < 4.78 is 0. The van der Waals surface area contributed by atoms with Crippen LogP contribution in [0.15, 0.2) is 12.2 Å². The molecule has 0 aliphatic rings. The van der Waals surface area contributed by atoms with E-state index in [4.69, 9.17) is 0 Å². The van der Waals surface area contributed by atoms with Gasteiger partial charge >= 0.3 is 0 Å². The van der Waals surface area contributed by atoms with Crippen molar-refractivity contribution in [1.82, 2.24) is 0 Å². The summed E-state index contributed by atoms with van der Waals surface area (Å²) in [5, 5.41) is 0. The van der Waals surface area contributed by atoms with Crippen LogP contribution >= 0.6 is 0 Å². The second kappa shape index (κ2) is 9.93. The molecule has 0 radical (unpaired) electrons. The van der Waals surface area contributed by atoms with Crippen molar-refractivity contribution in [2.45, 2.75) is 79.1 Å². The molecule has 0 saturated carbocycles. The summed E-state index contributed by atoms with van der Waals surface area (Å²) in [6.07, 6.45) is 11.0. The Hall–Kier alpha value is -0.260. The molecule has 0 N–H and O–H groups in total. The molecule has 0 aromatic carbocycles. The van der Waals surface area contributed by atoms with E-state index in [0.717, 1.165) is 5.92 Å². The van der Waals surface area contributed by atoms with Crippen LogP contribution in [0.5, 0.6) is 0 Å². The first kappa shape index (κ1) is 15.7. The van der Waals surface area contributed by atoms with Crippen LogP contribution in [0, 0.1) is 11.8 Å². The predicted octanol–water partition coefficient (Wildman–Crippen LogP) is 5.98. The molecule has 0 amide bonds. The Morgan fingerprint density at radius 3 is 2.00 bits per heavy atom. The number of allylic oxidation sites excluding steroid dienone is 1. The van der Waals surface area contributed by atoms with Gasteiger partial charge in [0.2, 0.25) is 0 Å². The molecule has 0 nitrogen and oxygen atoms in total. The van der Waals surface area contributed by atoms with E-state index >= 15 is 0 Å². The highest BCUT2D eigenvalue weighted by molar-refractivity contribution is 4.98. The minimum absolute atomic E-state index is 0.662. The summed E-state index contributed by atoms with van der Waals surface area (Å²) >= 11 is 0. The van der Waals surface area contributed by atoms with Crippen LogP contribution in [0.25, 0.3) is 0 Å². The zero-order chi connectivity index (χ0) is 12.4. The normalized spacial score (nSPS) is 13.1. The smallest absolute Gasteiger partial charge is 0.0263 e. The Morgan fingerprint density at radius 1 is 0.938 bits per heavy atom. The van der Waals surface area contributed by atoms with Gasteiger partial charge in [-0.15, -0.1) is 0 Å². The van der Waals surface area contributed by atoms with Crippen LogP contribution in [0.2, 0.25) is 0 Å². The van der Waals surface area contributed by atoms with Crippen LogP contribution in [-0.4, -0.2) is 0 Å². The molecule has 0 rings (SSSR count). The van der Waals surface area contributed by atoms with Gasteiger partial charge in [0.1, 0.15) is 0 Å². The third-order valence-corrected chi connectivity index (χ3v) is 3.55. The Morgan fingerprint density at radius 2 is 1.50 bits per heavy atom. The van der Waals surface area contributed by atoms with Crippen LogP contribution in [0.3, 0.4) is 0 Å². The molecule has 0 spiro atoms. The molecule has 0 bridgehead atoms. The third-order valence-electron chi connectivity index (χ3n) is 3.55. The summed E-state index contributed by atoms with van der Waals surface area (Å²) in [5.41, 5.74) is 1.46. The van der Waals surface area contributed by atoms with Crippen molar-refractivity contribution in [3.63, 3.8) is 0 Å². The van der Waals surface area contributed by atoms with E-state index in [-0.39, 0.29) is 0 Å². The van der Waals surface area contributed by atoms with E-state index in [0.29, 0.717) is 5.92 Å². The van der Waals surface area contributed by atoms with Crippen molar-refractivity contribution < 1.29 is 0 Å². The van der Waals surface area contributed by atoms with E-state index in [1.54, 1.807) is 0 Å². The van der Waals surface area contributed by atoms with Crippen LogP contribution in [-0.2, 0) is 0 Å². The van der Waals surface area contributed by atoms with Gasteiger partial charge < -0.3 is 0 Å². The van der Waals surface area contributed by atoms with Gasteiger partial charge in [-0.25, -0.2) is 0 Å². The fourth-order valence-electron chi connectivity index (χ4n) is 2.13. The number of hydrogen-bond acceptors (Lipinski definition) is 0. The minimum atomic E-state index is 0.662. The number of unbranched alkanes of at least 4 members (excludes halogenated alkanes) is 3. The van der Waals surface area contributed by atoms with Crippen molar-refractivity contribution >= 4 is 0 Å². The van der Waals surface area contributed by atoms with Crippen molar-refractivity contribution in [3.8, 4) is 0 Å². The fraction of sp³-hybridized carbons (Fsp3) is 0.875. The second-order valence-corrected chi connectivity index (χ2v) is 5.52. The van der Waals surface area contributed by atoms with Gasteiger partial charge in [0.05, 0.1) is 0 Å². The first-order valence-corrected chi connectivity index (χ1v) is 7.29. The maximum absolute atomic E-state index is 4.23. The molecule has 0 aromatic rings. The molecule has 0 saturated heterocycles. The van der Waals surface area contributed by atoms with Gasteiger partial charge in [0.25, 0.3) is 0 Å². The summed E-state index contributed by atoms with van der Waals surface area (Å²) in [4.78, 5) is 0. The molecule has 0 aliphatic carbocycles. The lowest BCUT2D eigenvalue weighted by atomic mass is 9.86. The minimum Gasteiger partial charge on any atom is -0.0996 e. The molecule has 0 aromatic heterocycles. The maximum atomic E-state index is 4.23. The lowest BCUT2D eigenvalue weighted by Crippen LogP contribution is -2.05. The molecule has 0 fully saturated rings. The Bertz CT molecular complexity index is 167. The summed E-state index contributed by atoms with van der Waals surface area (Å²) in [5.74, 6) is 1.57. The van der Waals surface area contributed by atoms with Crippen LogP contribution in [0.1, 0.15) is 79.1 Å². The number of rotatable bonds is 10. The third kappa shape index (κ3) is 7.96. The van der Waals surface area contributed by atoms with Gasteiger partial charge in [-0.1, -0.05) is 84.8 Å². The van der Waals surface area contributed by atoms with Crippen LogP contribution < -0.4 is 0 Å². The second-order valence-electron chi connectivity index (χ2n) is 5.52. The van der Waals surface area contributed by atoms with Gasteiger partial charge in [0, 0.05) is 0 Å². The average Bonchev–Trinajstić information content (AvgIpc) is 2.25. The topological polar surface area (TPSA) is 0 Å². The van der Waals surface area contributed by atoms with Crippen LogP contribution in [0.4, 0.5) is 0 Å². The van der Waals surface area contributed by atoms with E-state index in [2.05, 4.69) is 34.3 Å². The van der Waals surface area contributed by atoms with Crippen molar-refractivity contribution in [3.05, 3.63) is 12.2 Å². The lowest BCUT2D eigenvalue weighted by molar-refractivity contribution is 0.401. The van der Waals surface area contributed by atoms with E-state index in [1.165, 1.54) is 56.9 Å². The van der Waals surface area contributed by atoms with Crippen molar-refractivity contribution in [2.75, 3.05) is 0 Å².